The summed E-state index contributed by atoms with van der Waals surface area (Å²) in [4.78, 5) is 28.8. The number of amides is 1. The zero-order valence-corrected chi connectivity index (χ0v) is 16.5. The van der Waals surface area contributed by atoms with Gasteiger partial charge in [0, 0.05) is 6.42 Å². The number of aryl methyl sites for hydroxylation is 1. The summed E-state index contributed by atoms with van der Waals surface area (Å²) in [5.41, 5.74) is 1.68. The van der Waals surface area contributed by atoms with E-state index < -0.39 is 18.0 Å². The molecule has 28 heavy (non-hydrogen) atoms. The molecule has 2 atom stereocenters. The molecule has 1 heterocycles. The number of carbonyl (C=O) groups is 2. The number of hydrogen-bond acceptors (Lipinski definition) is 5. The average molecular weight is 400 g/mol. The number of aromatic nitrogens is 1. The molecule has 0 fully saturated rings. The van der Waals surface area contributed by atoms with E-state index >= 15 is 0 Å². The van der Waals surface area contributed by atoms with Gasteiger partial charge in [-0.15, -0.1) is 11.3 Å². The number of nitrogens with one attached hydrogen (secondary N) is 1. The molecule has 0 saturated carbocycles. The number of rotatable bonds is 7. The Kier molecular flexibility index (Phi) is 6.36. The van der Waals surface area contributed by atoms with E-state index in [1.54, 1.807) is 30.4 Å². The number of halogens is 1. The zero-order chi connectivity index (χ0) is 20.1. The van der Waals surface area contributed by atoms with Crippen molar-refractivity contribution < 1.29 is 18.7 Å². The second-order valence-electron chi connectivity index (χ2n) is 6.49. The summed E-state index contributed by atoms with van der Waals surface area (Å²) in [7, 11) is 0. The number of para-hydroxylation sites is 1. The van der Waals surface area contributed by atoms with Gasteiger partial charge in [-0.25, -0.2) is 9.37 Å². The second-order valence-corrected chi connectivity index (χ2v) is 7.60. The fourth-order valence-corrected chi connectivity index (χ4v) is 3.68. The predicted molar refractivity (Wildman–Crippen MR) is 106 cm³/mol. The van der Waals surface area contributed by atoms with Crippen LogP contribution in [0, 0.1) is 5.82 Å². The maximum atomic E-state index is 13.0. The minimum atomic E-state index is -0.911. The molecule has 146 valence electrons. The van der Waals surface area contributed by atoms with Crippen LogP contribution in [0.4, 0.5) is 4.39 Å². The predicted octanol–water partition coefficient (Wildman–Crippen LogP) is 4.18. The monoisotopic (exact) mass is 400 g/mol. The van der Waals surface area contributed by atoms with Crippen LogP contribution in [0.25, 0.3) is 10.2 Å². The summed E-state index contributed by atoms with van der Waals surface area (Å²) >= 11 is 1.55. The molecule has 0 unspecified atom stereocenters. The summed E-state index contributed by atoms with van der Waals surface area (Å²) in [6.45, 7) is 3.31. The number of benzene rings is 2. The van der Waals surface area contributed by atoms with Crippen molar-refractivity contribution in [2.45, 2.75) is 38.8 Å². The van der Waals surface area contributed by atoms with Crippen molar-refractivity contribution in [2.24, 2.45) is 0 Å². The van der Waals surface area contributed by atoms with Gasteiger partial charge in [0.15, 0.2) is 6.10 Å². The molecule has 0 saturated heterocycles. The minimum absolute atomic E-state index is 0.158. The van der Waals surface area contributed by atoms with Crippen molar-refractivity contribution in [3.8, 4) is 0 Å². The Morgan fingerprint density at radius 2 is 1.86 bits per heavy atom. The van der Waals surface area contributed by atoms with Gasteiger partial charge in [0.05, 0.1) is 27.7 Å². The molecule has 3 aromatic rings. The van der Waals surface area contributed by atoms with Crippen LogP contribution in [0.5, 0.6) is 0 Å². The summed E-state index contributed by atoms with van der Waals surface area (Å²) in [6.07, 6.45) is -0.283. The lowest BCUT2D eigenvalue weighted by molar-refractivity contribution is -0.155. The summed E-state index contributed by atoms with van der Waals surface area (Å²) in [5, 5.41) is 3.62. The van der Waals surface area contributed by atoms with Crippen molar-refractivity contribution >= 4 is 33.4 Å². The number of ether oxygens (including phenoxy) is 1. The fourth-order valence-electron chi connectivity index (χ4n) is 2.71. The molecule has 3 rings (SSSR count). The molecule has 0 aliphatic heterocycles. The SMILES string of the molecule is C[C@@H](OC(=O)CCc1nc2ccccc2s1)C(=O)N[C@H](C)c1ccc(F)cc1. The standard InChI is InChI=1S/C21H21FN2O3S/c1-13(15-7-9-16(22)10-8-15)23-21(26)14(2)27-20(25)12-11-19-24-17-5-3-4-6-18(17)28-19/h3-10,13-14H,11-12H2,1-2H3,(H,23,26)/t13-,14-/m1/s1. The van der Waals surface area contributed by atoms with Crippen LogP contribution in [0.2, 0.25) is 0 Å². The number of thiazole rings is 1. The van der Waals surface area contributed by atoms with E-state index in [1.807, 2.05) is 24.3 Å². The molecule has 0 radical (unpaired) electrons. The van der Waals surface area contributed by atoms with Gasteiger partial charge in [0.25, 0.3) is 5.91 Å². The van der Waals surface area contributed by atoms with Gasteiger partial charge >= 0.3 is 5.97 Å². The summed E-state index contributed by atoms with van der Waals surface area (Å²) in [5.74, 6) is -1.18. The van der Waals surface area contributed by atoms with Gasteiger partial charge in [-0.2, -0.15) is 0 Å². The van der Waals surface area contributed by atoms with Crippen molar-refractivity contribution in [3.05, 3.63) is 64.9 Å². The highest BCUT2D eigenvalue weighted by Crippen LogP contribution is 2.22. The van der Waals surface area contributed by atoms with E-state index in [4.69, 9.17) is 4.74 Å². The van der Waals surface area contributed by atoms with Gasteiger partial charge in [0.1, 0.15) is 5.82 Å². The minimum Gasteiger partial charge on any atom is -0.453 e. The Hall–Kier alpha value is -2.80. The van der Waals surface area contributed by atoms with Gasteiger partial charge in [-0.3, -0.25) is 9.59 Å². The highest BCUT2D eigenvalue weighted by atomic mass is 32.1. The maximum absolute atomic E-state index is 13.0. The molecule has 7 heteroatoms. The van der Waals surface area contributed by atoms with Crippen LogP contribution < -0.4 is 5.32 Å². The number of nitrogens with zero attached hydrogens (tertiary/aromatic N) is 1. The molecule has 5 nitrogen and oxygen atoms in total. The number of esters is 1. The van der Waals surface area contributed by atoms with Crippen LogP contribution in [-0.2, 0) is 20.7 Å². The first-order chi connectivity index (χ1) is 13.4. The molecule has 0 bridgehead atoms. The quantitative estimate of drug-likeness (QED) is 0.604. The highest BCUT2D eigenvalue weighted by molar-refractivity contribution is 7.18. The van der Waals surface area contributed by atoms with Crippen molar-refractivity contribution in [2.75, 3.05) is 0 Å². The lowest BCUT2D eigenvalue weighted by Gasteiger charge is -2.18. The lowest BCUT2D eigenvalue weighted by Crippen LogP contribution is -2.37. The van der Waals surface area contributed by atoms with Crippen LogP contribution in [-0.4, -0.2) is 23.0 Å². The molecular weight excluding hydrogens is 379 g/mol. The van der Waals surface area contributed by atoms with Gasteiger partial charge < -0.3 is 10.1 Å². The molecule has 0 spiro atoms. The number of carbonyl (C=O) groups excluding carboxylic acids is 2. The molecular formula is C21H21FN2O3S. The van der Waals surface area contributed by atoms with Crippen molar-refractivity contribution in [3.63, 3.8) is 0 Å². The third-order valence-corrected chi connectivity index (χ3v) is 5.38. The average Bonchev–Trinajstić information content (AvgIpc) is 3.09. The van der Waals surface area contributed by atoms with E-state index in [0.717, 1.165) is 20.8 Å². The van der Waals surface area contributed by atoms with E-state index in [1.165, 1.54) is 19.1 Å². The van der Waals surface area contributed by atoms with Crippen molar-refractivity contribution in [1.82, 2.24) is 10.3 Å². The molecule has 1 aromatic heterocycles. The molecule has 0 aliphatic carbocycles. The molecule has 2 aromatic carbocycles. The first-order valence-corrected chi connectivity index (χ1v) is 9.84. The Bertz CT molecular complexity index is 938. The van der Waals surface area contributed by atoms with Crippen LogP contribution in [0.15, 0.2) is 48.5 Å². The van der Waals surface area contributed by atoms with Gasteiger partial charge in [0.2, 0.25) is 0 Å². The topological polar surface area (TPSA) is 68.3 Å². The first-order valence-electron chi connectivity index (χ1n) is 9.02. The second kappa shape index (κ2) is 8.93. The first kappa shape index (κ1) is 19.9. The van der Waals surface area contributed by atoms with Gasteiger partial charge in [-0.05, 0) is 43.7 Å². The fraction of sp³-hybridized carbons (Fsp3) is 0.286. The number of hydrogen-bond donors (Lipinski definition) is 1. The van der Waals surface area contributed by atoms with E-state index in [9.17, 15) is 14.0 Å². The van der Waals surface area contributed by atoms with Crippen LogP contribution in [0.1, 0.15) is 36.9 Å². The summed E-state index contributed by atoms with van der Waals surface area (Å²) in [6, 6.07) is 13.4. The third kappa shape index (κ3) is 5.13. The summed E-state index contributed by atoms with van der Waals surface area (Å²) < 4.78 is 19.3. The number of fused-ring (bicyclic) bond motifs is 1. The van der Waals surface area contributed by atoms with E-state index in [-0.39, 0.29) is 18.3 Å². The Labute approximate surface area is 166 Å². The Balaban J connectivity index is 1.47. The maximum Gasteiger partial charge on any atom is 0.306 e. The van der Waals surface area contributed by atoms with Crippen LogP contribution in [0.3, 0.4) is 0 Å². The highest BCUT2D eigenvalue weighted by Gasteiger charge is 2.20. The molecule has 1 amide bonds. The lowest BCUT2D eigenvalue weighted by atomic mass is 10.1. The Morgan fingerprint density at radius 3 is 2.57 bits per heavy atom. The largest absolute Gasteiger partial charge is 0.453 e. The molecule has 0 aliphatic rings. The third-order valence-electron chi connectivity index (χ3n) is 4.29. The Morgan fingerprint density at radius 1 is 1.14 bits per heavy atom. The molecule has 1 N–H and O–H groups in total. The van der Waals surface area contributed by atoms with E-state index in [2.05, 4.69) is 10.3 Å². The van der Waals surface area contributed by atoms with Gasteiger partial charge in [-0.1, -0.05) is 24.3 Å². The van der Waals surface area contributed by atoms with Crippen molar-refractivity contribution in [1.29, 1.82) is 0 Å². The normalized spacial score (nSPS) is 13.1. The zero-order valence-electron chi connectivity index (χ0n) is 15.6. The van der Waals surface area contributed by atoms with Crippen LogP contribution >= 0.6 is 11.3 Å². The van der Waals surface area contributed by atoms with E-state index in [0.29, 0.717) is 6.42 Å². The smallest absolute Gasteiger partial charge is 0.306 e.